The number of nitrogens with two attached hydrogens (primary N) is 1. The van der Waals surface area contributed by atoms with Gasteiger partial charge in [0.05, 0.1) is 12.7 Å². The molecule has 17 heavy (non-hydrogen) atoms. The number of aliphatic hydroxyl groups excluding tert-OH is 2. The molecule has 0 aliphatic rings. The van der Waals surface area contributed by atoms with Crippen LogP contribution in [0.2, 0.25) is 0 Å². The molecule has 0 aromatic carbocycles. The van der Waals surface area contributed by atoms with Crippen molar-refractivity contribution in [2.75, 3.05) is 13.2 Å². The number of hydrogen-bond acceptors (Lipinski definition) is 7. The summed E-state index contributed by atoms with van der Waals surface area (Å²) in [6.07, 6.45) is -2.80. The normalized spacial score (nSPS) is 16.3. The SMILES string of the molecule is [NH-]C(CN)C(O)CC(O)COS(=O)(=O)[O-].[Na+].[Y]. The van der Waals surface area contributed by atoms with E-state index in [0.29, 0.717) is 0 Å². The Kier molecular flexibility index (Phi) is 16.3. The van der Waals surface area contributed by atoms with E-state index in [9.17, 15) is 18.1 Å². The van der Waals surface area contributed by atoms with Gasteiger partial charge in [-0.3, -0.25) is 4.18 Å². The van der Waals surface area contributed by atoms with Crippen LogP contribution in [0.15, 0.2) is 0 Å². The first kappa shape index (κ1) is 23.9. The van der Waals surface area contributed by atoms with E-state index in [1.165, 1.54) is 0 Å². The van der Waals surface area contributed by atoms with Gasteiger partial charge in [0.25, 0.3) is 0 Å². The third-order valence-electron chi connectivity index (χ3n) is 1.64. The van der Waals surface area contributed by atoms with E-state index >= 15 is 0 Å². The van der Waals surface area contributed by atoms with Gasteiger partial charge in [0.15, 0.2) is 0 Å². The van der Waals surface area contributed by atoms with E-state index in [2.05, 4.69) is 4.18 Å². The Labute approximate surface area is 148 Å². The first-order valence-electron chi connectivity index (χ1n) is 4.13. The van der Waals surface area contributed by atoms with Crippen LogP contribution in [-0.4, -0.2) is 54.6 Å². The van der Waals surface area contributed by atoms with Gasteiger partial charge in [0, 0.05) is 45.2 Å². The third kappa shape index (κ3) is 14.0. The van der Waals surface area contributed by atoms with Crippen molar-refractivity contribution in [2.24, 2.45) is 5.73 Å². The van der Waals surface area contributed by atoms with Gasteiger partial charge in [-0.25, -0.2) is 8.42 Å². The minimum atomic E-state index is -4.84. The van der Waals surface area contributed by atoms with E-state index in [1.807, 2.05) is 0 Å². The Morgan fingerprint density at radius 2 is 1.88 bits per heavy atom. The molecule has 95 valence electrons. The molecular formula is C6H14N2NaO6SY-. The van der Waals surface area contributed by atoms with Crippen molar-refractivity contribution in [2.45, 2.75) is 24.7 Å². The molecule has 0 bridgehead atoms. The number of nitrogens with one attached hydrogen (secondary N) is 1. The fourth-order valence-corrected chi connectivity index (χ4v) is 1.15. The molecule has 0 aliphatic heterocycles. The minimum Gasteiger partial charge on any atom is -0.726 e. The summed E-state index contributed by atoms with van der Waals surface area (Å²) in [6, 6.07) is -0.969. The molecule has 0 saturated heterocycles. The van der Waals surface area contributed by atoms with E-state index in [1.54, 1.807) is 0 Å². The van der Waals surface area contributed by atoms with Crippen LogP contribution in [0.4, 0.5) is 0 Å². The van der Waals surface area contributed by atoms with Gasteiger partial charge >= 0.3 is 29.6 Å². The molecule has 0 aromatic heterocycles. The Bertz CT molecular complexity index is 280. The second-order valence-electron chi connectivity index (χ2n) is 2.99. The molecule has 0 aromatic rings. The molecule has 0 rings (SSSR count). The molecule has 3 unspecified atom stereocenters. The van der Waals surface area contributed by atoms with Gasteiger partial charge in [-0.2, -0.15) is 0 Å². The zero-order chi connectivity index (χ0) is 12.1. The zero-order valence-electron chi connectivity index (χ0n) is 9.44. The van der Waals surface area contributed by atoms with Gasteiger partial charge in [0.1, 0.15) is 0 Å². The van der Waals surface area contributed by atoms with Gasteiger partial charge in [-0.1, -0.05) is 6.04 Å². The quantitative estimate of drug-likeness (QED) is 0.235. The molecule has 0 fully saturated rings. The predicted molar refractivity (Wildman–Crippen MR) is 49.4 cm³/mol. The standard InChI is InChI=1S/C6H15N2O6S.Na.Y/c7-2-5(8)6(10)1-4(9)3-14-15(11,12)13;;/h4-6,8-10H,1-3,7H2,(H,11,12,13);;/q-1;+1;/p-1. The molecular weight excluding hydrogens is 340 g/mol. The van der Waals surface area contributed by atoms with Gasteiger partial charge in [0.2, 0.25) is 10.4 Å². The molecule has 3 atom stereocenters. The first-order chi connectivity index (χ1) is 6.76. The summed E-state index contributed by atoms with van der Waals surface area (Å²) in [6.45, 7) is -0.825. The maximum atomic E-state index is 10.0. The van der Waals surface area contributed by atoms with E-state index in [-0.39, 0.29) is 75.2 Å². The Hall–Kier alpha value is 1.81. The van der Waals surface area contributed by atoms with E-state index in [0.717, 1.165) is 0 Å². The van der Waals surface area contributed by atoms with E-state index < -0.39 is 35.3 Å². The summed E-state index contributed by atoms with van der Waals surface area (Å²) >= 11 is 0. The fraction of sp³-hybridized carbons (Fsp3) is 1.00. The maximum Gasteiger partial charge on any atom is 1.00 e. The largest absolute Gasteiger partial charge is 1.00 e. The van der Waals surface area contributed by atoms with Crippen LogP contribution >= 0.6 is 0 Å². The van der Waals surface area contributed by atoms with Crippen molar-refractivity contribution in [1.29, 1.82) is 0 Å². The molecule has 1 radical (unpaired) electrons. The Morgan fingerprint density at radius 3 is 2.24 bits per heavy atom. The van der Waals surface area contributed by atoms with Crippen molar-refractivity contribution in [3.05, 3.63) is 5.73 Å². The molecule has 8 nitrogen and oxygen atoms in total. The molecule has 11 heteroatoms. The van der Waals surface area contributed by atoms with Crippen molar-refractivity contribution in [3.8, 4) is 0 Å². The van der Waals surface area contributed by atoms with E-state index in [4.69, 9.17) is 16.6 Å². The number of aliphatic hydroxyl groups is 2. The fourth-order valence-electron chi connectivity index (χ4n) is 0.830. The summed E-state index contributed by atoms with van der Waals surface area (Å²) in [5.74, 6) is 0. The first-order valence-corrected chi connectivity index (χ1v) is 5.47. The smallest absolute Gasteiger partial charge is 0.726 e. The summed E-state index contributed by atoms with van der Waals surface area (Å²) in [5, 5.41) is 18.3. The average Bonchev–Trinajstić information content (AvgIpc) is 2.12. The van der Waals surface area contributed by atoms with Gasteiger partial charge < -0.3 is 26.2 Å². The van der Waals surface area contributed by atoms with Crippen LogP contribution < -0.4 is 35.3 Å². The molecule has 0 saturated carbocycles. The summed E-state index contributed by atoms with van der Waals surface area (Å²) < 4.78 is 33.8. The second kappa shape index (κ2) is 11.6. The van der Waals surface area contributed by atoms with Gasteiger partial charge in [-0.15, -0.1) is 0 Å². The number of rotatable bonds is 7. The summed E-state index contributed by atoms with van der Waals surface area (Å²) in [5.41, 5.74) is 12.3. The van der Waals surface area contributed by atoms with Crippen LogP contribution in [0, 0.1) is 0 Å². The maximum absolute atomic E-state index is 10.0. The minimum absolute atomic E-state index is 0. The van der Waals surface area contributed by atoms with Gasteiger partial charge in [-0.05, 0) is 6.54 Å². The predicted octanol–water partition coefficient (Wildman–Crippen LogP) is -5.04. The molecule has 0 aliphatic carbocycles. The molecule has 0 heterocycles. The average molecular weight is 354 g/mol. The van der Waals surface area contributed by atoms with Crippen LogP contribution in [0.5, 0.6) is 0 Å². The Balaban J connectivity index is -0.000000980. The van der Waals surface area contributed by atoms with Crippen LogP contribution in [0.1, 0.15) is 6.42 Å². The van der Waals surface area contributed by atoms with Crippen LogP contribution in [0.3, 0.4) is 0 Å². The van der Waals surface area contributed by atoms with Crippen molar-refractivity contribution < 1.29 is 89.6 Å². The van der Waals surface area contributed by atoms with Crippen LogP contribution in [0.25, 0.3) is 5.73 Å². The van der Waals surface area contributed by atoms with Crippen molar-refractivity contribution in [3.63, 3.8) is 0 Å². The molecule has 0 amide bonds. The number of hydrogen-bond donors (Lipinski definition) is 3. The second-order valence-corrected chi connectivity index (χ2v) is 4.04. The zero-order valence-corrected chi connectivity index (χ0v) is 15.1. The van der Waals surface area contributed by atoms with Crippen molar-refractivity contribution in [1.82, 2.24) is 0 Å². The summed E-state index contributed by atoms with van der Waals surface area (Å²) in [4.78, 5) is 0. The third-order valence-corrected chi connectivity index (χ3v) is 2.06. The Morgan fingerprint density at radius 1 is 1.41 bits per heavy atom. The molecule has 5 N–H and O–H groups in total. The van der Waals surface area contributed by atoms with Crippen molar-refractivity contribution >= 4 is 10.4 Å². The molecule has 0 spiro atoms. The monoisotopic (exact) mass is 354 g/mol. The summed E-state index contributed by atoms with van der Waals surface area (Å²) in [7, 11) is -4.84. The van der Waals surface area contributed by atoms with Crippen LogP contribution in [-0.2, 0) is 47.3 Å². The topological polar surface area (TPSA) is 157 Å².